The molecule has 0 atom stereocenters. The van der Waals surface area contributed by atoms with Crippen molar-refractivity contribution in [3.05, 3.63) is 57.6 Å². The lowest BCUT2D eigenvalue weighted by atomic mass is 10.1. The molecule has 2 N–H and O–H groups in total. The third kappa shape index (κ3) is 5.85. The molecule has 27 heavy (non-hydrogen) atoms. The number of hydrogen-bond donors (Lipinski definition) is 2. The van der Waals surface area contributed by atoms with E-state index < -0.39 is 21.9 Å². The maximum Gasteiger partial charge on any atom is 0.339 e. The van der Waals surface area contributed by atoms with E-state index in [0.29, 0.717) is 5.69 Å². The number of carbonyl (C=O) groups excluding carboxylic acids is 2. The van der Waals surface area contributed by atoms with Gasteiger partial charge >= 0.3 is 5.97 Å². The molecule has 0 aromatic heterocycles. The molecule has 0 bridgehead atoms. The summed E-state index contributed by atoms with van der Waals surface area (Å²) < 4.78 is 29.7. The molecular formula is C17H16Cl2N2O5S. The number of hydrogen-bond acceptors (Lipinski definition) is 5. The van der Waals surface area contributed by atoms with Crippen molar-refractivity contribution in [2.75, 3.05) is 22.9 Å². The first-order chi connectivity index (χ1) is 12.6. The molecule has 1 amide bonds. The predicted molar refractivity (Wildman–Crippen MR) is 105 cm³/mol. The fourth-order valence-electron chi connectivity index (χ4n) is 2.11. The van der Waals surface area contributed by atoms with E-state index in [1.165, 1.54) is 36.4 Å². The number of carbonyl (C=O) groups is 2. The van der Waals surface area contributed by atoms with Crippen LogP contribution >= 0.6 is 23.2 Å². The largest absolute Gasteiger partial charge is 0.462 e. The second-order valence-electron chi connectivity index (χ2n) is 5.44. The van der Waals surface area contributed by atoms with Crippen molar-refractivity contribution < 1.29 is 22.7 Å². The first kappa shape index (κ1) is 21.0. The second-order valence-corrected chi connectivity index (χ2v) is 8.00. The van der Waals surface area contributed by atoms with Gasteiger partial charge in [-0.05, 0) is 43.3 Å². The summed E-state index contributed by atoms with van der Waals surface area (Å²) in [7, 11) is -3.49. The minimum atomic E-state index is -3.49. The van der Waals surface area contributed by atoms with E-state index in [-0.39, 0.29) is 33.5 Å². The maximum absolute atomic E-state index is 12.4. The number of esters is 1. The number of ether oxygens (including phenoxy) is 1. The summed E-state index contributed by atoms with van der Waals surface area (Å²) in [6, 6.07) is 8.52. The number of anilines is 2. The summed E-state index contributed by atoms with van der Waals surface area (Å²) >= 11 is 12.1. The Kier molecular flexibility index (Phi) is 6.69. The molecule has 2 aromatic carbocycles. The Hall–Kier alpha value is -2.29. The average Bonchev–Trinajstić information content (AvgIpc) is 2.55. The molecule has 2 aromatic rings. The molecule has 7 nitrogen and oxygen atoms in total. The SMILES string of the molecule is CCOC(=O)c1ccc(NC(=O)c2ccc(NS(C)(=O)=O)c(Cl)c2)cc1Cl. The Morgan fingerprint density at radius 2 is 1.78 bits per heavy atom. The fraction of sp³-hybridized carbons (Fsp3) is 0.176. The van der Waals surface area contributed by atoms with Crippen LogP contribution in [-0.2, 0) is 14.8 Å². The summed E-state index contributed by atoms with van der Waals surface area (Å²) in [5.74, 6) is -1.04. The van der Waals surface area contributed by atoms with E-state index in [0.717, 1.165) is 6.26 Å². The van der Waals surface area contributed by atoms with Crippen LogP contribution in [0.25, 0.3) is 0 Å². The van der Waals surface area contributed by atoms with E-state index in [2.05, 4.69) is 10.0 Å². The highest BCUT2D eigenvalue weighted by Gasteiger charge is 2.14. The van der Waals surface area contributed by atoms with Crippen molar-refractivity contribution in [3.63, 3.8) is 0 Å². The van der Waals surface area contributed by atoms with Crippen LogP contribution in [0.15, 0.2) is 36.4 Å². The van der Waals surface area contributed by atoms with Crippen LogP contribution in [-0.4, -0.2) is 33.2 Å². The van der Waals surface area contributed by atoms with Crippen LogP contribution in [0.1, 0.15) is 27.6 Å². The molecule has 0 radical (unpaired) electrons. The van der Waals surface area contributed by atoms with Gasteiger partial charge in [0.15, 0.2) is 0 Å². The smallest absolute Gasteiger partial charge is 0.339 e. The zero-order chi connectivity index (χ0) is 20.2. The maximum atomic E-state index is 12.4. The number of nitrogens with one attached hydrogen (secondary N) is 2. The average molecular weight is 431 g/mol. The van der Waals surface area contributed by atoms with Gasteiger partial charge in [0.05, 0.1) is 34.2 Å². The standard InChI is InChI=1S/C17H16Cl2N2O5S/c1-3-26-17(23)12-6-5-11(9-13(12)18)20-16(22)10-4-7-15(14(19)8-10)21-27(2,24)25/h4-9,21H,3H2,1-2H3,(H,20,22). The summed E-state index contributed by atoms with van der Waals surface area (Å²) in [5.41, 5.74) is 0.936. The minimum absolute atomic E-state index is 0.0729. The van der Waals surface area contributed by atoms with E-state index in [4.69, 9.17) is 27.9 Å². The first-order valence-corrected chi connectivity index (χ1v) is 10.3. The molecule has 0 aliphatic rings. The number of halogens is 2. The molecule has 0 fully saturated rings. The van der Waals surface area contributed by atoms with Gasteiger partial charge < -0.3 is 10.1 Å². The van der Waals surface area contributed by atoms with Crippen LogP contribution in [0.4, 0.5) is 11.4 Å². The minimum Gasteiger partial charge on any atom is -0.462 e. The van der Waals surface area contributed by atoms with Gasteiger partial charge in [-0.1, -0.05) is 23.2 Å². The number of rotatable bonds is 6. The molecule has 0 aliphatic carbocycles. The quantitative estimate of drug-likeness (QED) is 0.678. The summed E-state index contributed by atoms with van der Waals surface area (Å²) in [6.07, 6.45) is 0.994. The van der Waals surface area contributed by atoms with Gasteiger partial charge in [0.25, 0.3) is 5.91 Å². The molecule has 0 aliphatic heterocycles. The second kappa shape index (κ2) is 8.60. The molecule has 0 saturated carbocycles. The lowest BCUT2D eigenvalue weighted by Crippen LogP contribution is -2.14. The third-order valence-electron chi connectivity index (χ3n) is 3.25. The Labute approximate surface area is 166 Å². The summed E-state index contributed by atoms with van der Waals surface area (Å²) in [5, 5.41) is 2.83. The number of amides is 1. The highest BCUT2D eigenvalue weighted by Crippen LogP contribution is 2.25. The number of sulfonamides is 1. The van der Waals surface area contributed by atoms with Crippen molar-refractivity contribution in [2.45, 2.75) is 6.92 Å². The van der Waals surface area contributed by atoms with Crippen molar-refractivity contribution in [3.8, 4) is 0 Å². The lowest BCUT2D eigenvalue weighted by molar-refractivity contribution is 0.0526. The highest BCUT2D eigenvalue weighted by atomic mass is 35.5. The molecule has 144 valence electrons. The number of benzene rings is 2. The van der Waals surface area contributed by atoms with Crippen LogP contribution in [0.3, 0.4) is 0 Å². The molecular weight excluding hydrogens is 415 g/mol. The van der Waals surface area contributed by atoms with Gasteiger partial charge in [-0.25, -0.2) is 13.2 Å². The Bertz CT molecular complexity index is 993. The lowest BCUT2D eigenvalue weighted by Gasteiger charge is -2.10. The van der Waals surface area contributed by atoms with E-state index in [1.807, 2.05) is 0 Å². The summed E-state index contributed by atoms with van der Waals surface area (Å²) in [4.78, 5) is 24.1. The third-order valence-corrected chi connectivity index (χ3v) is 4.47. The van der Waals surface area contributed by atoms with Gasteiger partial charge in [-0.15, -0.1) is 0 Å². The van der Waals surface area contributed by atoms with E-state index in [1.54, 1.807) is 6.92 Å². The molecule has 2 rings (SSSR count). The van der Waals surface area contributed by atoms with E-state index in [9.17, 15) is 18.0 Å². The molecule has 0 spiro atoms. The zero-order valence-corrected chi connectivity index (χ0v) is 16.7. The van der Waals surface area contributed by atoms with Crippen LogP contribution < -0.4 is 10.0 Å². The normalized spacial score (nSPS) is 11.0. The van der Waals surface area contributed by atoms with Crippen molar-refractivity contribution in [1.29, 1.82) is 0 Å². The summed E-state index contributed by atoms with van der Waals surface area (Å²) in [6.45, 7) is 1.90. The Morgan fingerprint density at radius 3 is 2.33 bits per heavy atom. The van der Waals surface area contributed by atoms with Gasteiger partial charge in [0, 0.05) is 11.3 Å². The van der Waals surface area contributed by atoms with Gasteiger partial charge in [-0.2, -0.15) is 0 Å². The fourth-order valence-corrected chi connectivity index (χ4v) is 3.23. The van der Waals surface area contributed by atoms with Crippen LogP contribution in [0.2, 0.25) is 10.0 Å². The molecule has 0 heterocycles. The van der Waals surface area contributed by atoms with Crippen molar-refractivity contribution in [1.82, 2.24) is 0 Å². The highest BCUT2D eigenvalue weighted by molar-refractivity contribution is 7.92. The van der Waals surface area contributed by atoms with Crippen molar-refractivity contribution >= 4 is 56.5 Å². The first-order valence-electron chi connectivity index (χ1n) is 7.66. The predicted octanol–water partition coefficient (Wildman–Crippen LogP) is 3.79. The Morgan fingerprint density at radius 1 is 1.07 bits per heavy atom. The molecule has 10 heteroatoms. The monoisotopic (exact) mass is 430 g/mol. The topological polar surface area (TPSA) is 102 Å². The van der Waals surface area contributed by atoms with E-state index >= 15 is 0 Å². The zero-order valence-electron chi connectivity index (χ0n) is 14.4. The van der Waals surface area contributed by atoms with Gasteiger partial charge in [0.1, 0.15) is 0 Å². The van der Waals surface area contributed by atoms with Crippen molar-refractivity contribution in [2.24, 2.45) is 0 Å². The van der Waals surface area contributed by atoms with Gasteiger partial charge in [0.2, 0.25) is 10.0 Å². The molecule has 0 saturated heterocycles. The Balaban J connectivity index is 2.16. The van der Waals surface area contributed by atoms with Crippen LogP contribution in [0.5, 0.6) is 0 Å². The van der Waals surface area contributed by atoms with Crippen LogP contribution in [0, 0.1) is 0 Å². The van der Waals surface area contributed by atoms with Gasteiger partial charge in [-0.3, -0.25) is 9.52 Å². The molecule has 0 unspecified atom stereocenters.